The van der Waals surface area contributed by atoms with Crippen molar-refractivity contribution in [3.05, 3.63) is 53.4 Å². The van der Waals surface area contributed by atoms with Gasteiger partial charge in [0.05, 0.1) is 5.75 Å². The van der Waals surface area contributed by atoms with Crippen LogP contribution < -0.4 is 0 Å². The van der Waals surface area contributed by atoms with Crippen molar-refractivity contribution in [3.8, 4) is 0 Å². The highest BCUT2D eigenvalue weighted by atomic mass is 35.5. The Labute approximate surface area is 113 Å². The van der Waals surface area contributed by atoms with E-state index in [0.717, 1.165) is 5.82 Å². The van der Waals surface area contributed by atoms with Crippen LogP contribution in [0.15, 0.2) is 47.4 Å². The zero-order valence-electron chi connectivity index (χ0n) is 9.32. The van der Waals surface area contributed by atoms with E-state index >= 15 is 0 Å². The summed E-state index contributed by atoms with van der Waals surface area (Å²) in [6.07, 6.45) is 0. The van der Waals surface area contributed by atoms with Crippen LogP contribution in [0, 0.1) is 0 Å². The molecule has 0 saturated heterocycles. The second kappa shape index (κ2) is 4.96. The van der Waals surface area contributed by atoms with Gasteiger partial charge in [-0.25, -0.2) is 0 Å². The van der Waals surface area contributed by atoms with Gasteiger partial charge in [0.25, 0.3) is 0 Å². The molecule has 0 bridgehead atoms. The van der Waals surface area contributed by atoms with E-state index < -0.39 is 0 Å². The number of hydrogen-bond acceptors (Lipinski definition) is 4. The number of fused-ring (bicyclic) bond motifs is 1. The van der Waals surface area contributed by atoms with E-state index in [1.807, 2.05) is 18.2 Å². The van der Waals surface area contributed by atoms with Crippen LogP contribution in [0.25, 0.3) is 5.65 Å². The number of nitrogens with zero attached hydrogens (tertiary/aromatic N) is 4. The molecule has 0 fully saturated rings. The maximum Gasteiger partial charge on any atom is 0.178 e. The summed E-state index contributed by atoms with van der Waals surface area (Å²) in [4.78, 5) is 1.19. The summed E-state index contributed by atoms with van der Waals surface area (Å²) in [7, 11) is 0. The van der Waals surface area contributed by atoms with Crippen molar-refractivity contribution in [1.29, 1.82) is 0 Å². The Morgan fingerprint density at radius 3 is 2.72 bits per heavy atom. The predicted molar refractivity (Wildman–Crippen MR) is 71.8 cm³/mol. The third kappa shape index (κ3) is 2.32. The fourth-order valence-corrected chi connectivity index (χ4v) is 2.53. The number of hydrogen-bond donors (Lipinski definition) is 0. The highest BCUT2D eigenvalue weighted by Crippen LogP contribution is 2.21. The molecule has 3 rings (SSSR count). The highest BCUT2D eigenvalue weighted by Gasteiger charge is 2.07. The van der Waals surface area contributed by atoms with E-state index in [0.29, 0.717) is 16.6 Å². The Morgan fingerprint density at radius 1 is 1.06 bits per heavy atom. The topological polar surface area (TPSA) is 43.1 Å². The molecule has 3 aromatic rings. The van der Waals surface area contributed by atoms with E-state index in [9.17, 15) is 0 Å². The van der Waals surface area contributed by atoms with Gasteiger partial charge in [-0.2, -0.15) is 9.61 Å². The summed E-state index contributed by atoms with van der Waals surface area (Å²) < 4.78 is 1.68. The average Bonchev–Trinajstić information content (AvgIpc) is 2.80. The van der Waals surface area contributed by atoms with Crippen molar-refractivity contribution in [2.24, 2.45) is 0 Å². The van der Waals surface area contributed by atoms with Crippen molar-refractivity contribution in [3.63, 3.8) is 0 Å². The molecule has 0 atom stereocenters. The Hall–Kier alpha value is -1.59. The third-order valence-electron chi connectivity index (χ3n) is 2.41. The smallest absolute Gasteiger partial charge is 0.178 e. The Balaban J connectivity index is 1.85. The number of rotatable bonds is 3. The molecule has 2 aromatic heterocycles. The second-order valence-corrected chi connectivity index (χ2v) is 5.08. The van der Waals surface area contributed by atoms with E-state index in [4.69, 9.17) is 11.6 Å². The number of aromatic nitrogens is 4. The van der Waals surface area contributed by atoms with E-state index in [1.54, 1.807) is 28.4 Å². The summed E-state index contributed by atoms with van der Waals surface area (Å²) in [5.41, 5.74) is 0.711. The quantitative estimate of drug-likeness (QED) is 0.690. The second-order valence-electron chi connectivity index (χ2n) is 3.64. The zero-order chi connectivity index (χ0) is 12.4. The molecule has 0 aliphatic rings. The molecule has 0 spiro atoms. The average molecular weight is 277 g/mol. The largest absolute Gasteiger partial charge is 0.195 e. The lowest BCUT2D eigenvalue weighted by Crippen LogP contribution is -1.97. The molecule has 0 aliphatic carbocycles. The van der Waals surface area contributed by atoms with Gasteiger partial charge in [-0.15, -0.1) is 22.0 Å². The molecule has 0 aliphatic heterocycles. The van der Waals surface area contributed by atoms with Gasteiger partial charge in [0.1, 0.15) is 5.15 Å². The minimum Gasteiger partial charge on any atom is -0.195 e. The first-order valence-corrected chi connectivity index (χ1v) is 6.74. The lowest BCUT2D eigenvalue weighted by Gasteiger charge is -2.00. The lowest BCUT2D eigenvalue weighted by atomic mass is 10.4. The normalized spacial score (nSPS) is 10.9. The molecule has 0 N–H and O–H groups in total. The van der Waals surface area contributed by atoms with Gasteiger partial charge in [-0.05, 0) is 24.3 Å². The van der Waals surface area contributed by atoms with Crippen LogP contribution in [-0.4, -0.2) is 19.8 Å². The maximum atomic E-state index is 5.87. The van der Waals surface area contributed by atoms with Crippen molar-refractivity contribution >= 4 is 29.0 Å². The summed E-state index contributed by atoms with van der Waals surface area (Å²) >= 11 is 7.56. The molecule has 0 amide bonds. The van der Waals surface area contributed by atoms with Crippen molar-refractivity contribution in [2.75, 3.05) is 0 Å². The van der Waals surface area contributed by atoms with Crippen LogP contribution >= 0.6 is 23.4 Å². The van der Waals surface area contributed by atoms with Crippen LogP contribution in [0.3, 0.4) is 0 Å². The Kier molecular flexibility index (Phi) is 3.17. The van der Waals surface area contributed by atoms with E-state index in [2.05, 4.69) is 27.4 Å². The van der Waals surface area contributed by atoms with Gasteiger partial charge < -0.3 is 0 Å². The highest BCUT2D eigenvalue weighted by molar-refractivity contribution is 7.98. The van der Waals surface area contributed by atoms with Crippen molar-refractivity contribution < 1.29 is 0 Å². The van der Waals surface area contributed by atoms with E-state index in [1.165, 1.54) is 4.90 Å². The SMILES string of the molecule is Clc1ccc2nnc(CSc3ccccc3)n2n1. The molecule has 90 valence electrons. The van der Waals surface area contributed by atoms with Crippen molar-refractivity contribution in [1.82, 2.24) is 19.8 Å². The standard InChI is InChI=1S/C12H9ClN4S/c13-10-6-7-11-14-15-12(17(11)16-10)8-18-9-4-2-1-3-5-9/h1-7H,8H2. The summed E-state index contributed by atoms with van der Waals surface area (Å²) in [5, 5.41) is 12.8. The van der Waals surface area contributed by atoms with Crippen molar-refractivity contribution in [2.45, 2.75) is 10.6 Å². The maximum absolute atomic E-state index is 5.87. The van der Waals surface area contributed by atoms with Gasteiger partial charge in [0.15, 0.2) is 11.5 Å². The number of benzene rings is 1. The molecule has 0 radical (unpaired) electrons. The van der Waals surface area contributed by atoms with Crippen LogP contribution in [0.2, 0.25) is 5.15 Å². The summed E-state index contributed by atoms with van der Waals surface area (Å²) in [6.45, 7) is 0. The third-order valence-corrected chi connectivity index (χ3v) is 3.62. The molecule has 1 aromatic carbocycles. The Bertz CT molecular complexity index is 668. The first-order chi connectivity index (χ1) is 8.83. The molecular formula is C12H9ClN4S. The summed E-state index contributed by atoms with van der Waals surface area (Å²) in [6, 6.07) is 13.7. The molecular weight excluding hydrogens is 268 g/mol. The monoisotopic (exact) mass is 276 g/mol. The van der Waals surface area contributed by atoms with Gasteiger partial charge in [0.2, 0.25) is 0 Å². The fourth-order valence-electron chi connectivity index (χ4n) is 1.57. The predicted octanol–water partition coefficient (Wildman–Crippen LogP) is 3.07. The molecule has 4 nitrogen and oxygen atoms in total. The lowest BCUT2D eigenvalue weighted by molar-refractivity contribution is 0.866. The molecule has 2 heterocycles. The van der Waals surface area contributed by atoms with Gasteiger partial charge >= 0.3 is 0 Å². The minimum atomic E-state index is 0.438. The van der Waals surface area contributed by atoms with Crippen LogP contribution in [-0.2, 0) is 5.75 Å². The molecule has 6 heteroatoms. The number of thioether (sulfide) groups is 1. The Morgan fingerprint density at radius 2 is 1.89 bits per heavy atom. The van der Waals surface area contributed by atoms with Gasteiger partial charge in [-0.1, -0.05) is 29.8 Å². The minimum absolute atomic E-state index is 0.438. The zero-order valence-corrected chi connectivity index (χ0v) is 10.9. The van der Waals surface area contributed by atoms with Crippen LogP contribution in [0.1, 0.15) is 5.82 Å². The van der Waals surface area contributed by atoms with Gasteiger partial charge in [-0.3, -0.25) is 0 Å². The fraction of sp³-hybridized carbons (Fsp3) is 0.0833. The first kappa shape index (κ1) is 11.5. The van der Waals surface area contributed by atoms with Crippen LogP contribution in [0.4, 0.5) is 0 Å². The summed E-state index contributed by atoms with van der Waals surface area (Å²) in [5.74, 6) is 1.50. The van der Waals surface area contributed by atoms with Crippen LogP contribution in [0.5, 0.6) is 0 Å². The molecule has 0 saturated carbocycles. The first-order valence-electron chi connectivity index (χ1n) is 5.37. The number of halogens is 1. The molecule has 18 heavy (non-hydrogen) atoms. The van der Waals surface area contributed by atoms with Gasteiger partial charge in [0, 0.05) is 4.90 Å². The van der Waals surface area contributed by atoms with E-state index in [-0.39, 0.29) is 0 Å². The molecule has 0 unspecified atom stereocenters.